The summed E-state index contributed by atoms with van der Waals surface area (Å²) in [5, 5.41) is 4.05. The lowest BCUT2D eigenvalue weighted by Gasteiger charge is -2.26. The van der Waals surface area contributed by atoms with Crippen molar-refractivity contribution in [1.29, 1.82) is 0 Å². The van der Waals surface area contributed by atoms with E-state index in [1.54, 1.807) is 0 Å². The Morgan fingerprint density at radius 1 is 1.17 bits per heavy atom. The highest BCUT2D eigenvalue weighted by Crippen LogP contribution is 2.42. The lowest BCUT2D eigenvalue weighted by Crippen LogP contribution is -2.44. The minimum Gasteiger partial charge on any atom is -0.339 e. The van der Waals surface area contributed by atoms with Crippen LogP contribution in [0.25, 0.3) is 0 Å². The van der Waals surface area contributed by atoms with Gasteiger partial charge in [-0.25, -0.2) is 12.8 Å². The number of nitrogens with one attached hydrogen (secondary N) is 1. The molecule has 2 fully saturated rings. The average Bonchev–Trinajstić information content (AvgIpc) is 3.09. The van der Waals surface area contributed by atoms with Gasteiger partial charge in [-0.3, -0.25) is 0 Å². The normalized spacial score (nSPS) is 20.4. The average molecular weight is 351 g/mol. The van der Waals surface area contributed by atoms with Crippen molar-refractivity contribution in [2.75, 3.05) is 0 Å². The predicted octanol–water partition coefficient (Wildman–Crippen LogP) is 2.83. The van der Waals surface area contributed by atoms with E-state index in [2.05, 4.69) is 14.9 Å². The molecule has 6 nitrogen and oxygen atoms in total. The van der Waals surface area contributed by atoms with E-state index in [1.165, 1.54) is 12.1 Å². The largest absolute Gasteiger partial charge is 0.339 e. The number of hydrogen-bond donors (Lipinski definition) is 1. The van der Waals surface area contributed by atoms with E-state index in [0.717, 1.165) is 37.8 Å². The predicted molar refractivity (Wildman–Crippen MR) is 83.1 cm³/mol. The number of hydrogen-bond acceptors (Lipinski definition) is 5. The van der Waals surface area contributed by atoms with Crippen LogP contribution in [-0.2, 0) is 15.6 Å². The Labute approximate surface area is 139 Å². The monoisotopic (exact) mass is 351 g/mol. The van der Waals surface area contributed by atoms with E-state index >= 15 is 0 Å². The van der Waals surface area contributed by atoms with E-state index in [9.17, 15) is 12.8 Å². The summed E-state index contributed by atoms with van der Waals surface area (Å²) in [6.45, 7) is 0. The smallest absolute Gasteiger partial charge is 0.241 e. The first-order valence-electron chi connectivity index (χ1n) is 8.12. The minimum atomic E-state index is -3.80. The van der Waals surface area contributed by atoms with E-state index in [4.69, 9.17) is 4.52 Å². The fourth-order valence-corrected chi connectivity index (χ4v) is 4.63. The molecule has 1 N–H and O–H groups in total. The van der Waals surface area contributed by atoms with Crippen molar-refractivity contribution >= 4 is 10.0 Å². The molecule has 1 heterocycles. The van der Waals surface area contributed by atoms with Gasteiger partial charge in [0.05, 0.1) is 10.4 Å². The highest BCUT2D eigenvalue weighted by Gasteiger charge is 2.44. The molecule has 0 spiro atoms. The van der Waals surface area contributed by atoms with Gasteiger partial charge >= 0.3 is 0 Å². The number of rotatable bonds is 5. The van der Waals surface area contributed by atoms with Crippen LogP contribution in [0.15, 0.2) is 33.7 Å². The van der Waals surface area contributed by atoms with Crippen molar-refractivity contribution in [3.8, 4) is 0 Å². The molecule has 128 valence electrons. The third-order valence-electron chi connectivity index (χ3n) is 4.71. The molecular formula is C16H18FN3O3S. The third kappa shape index (κ3) is 2.84. The molecule has 4 rings (SSSR count). The second kappa shape index (κ2) is 5.63. The van der Waals surface area contributed by atoms with E-state index < -0.39 is 21.4 Å². The molecule has 2 aliphatic carbocycles. The Bertz CT molecular complexity index is 838. The number of halogens is 1. The summed E-state index contributed by atoms with van der Waals surface area (Å²) in [7, 11) is -3.80. The van der Waals surface area contributed by atoms with E-state index in [0.29, 0.717) is 30.5 Å². The summed E-state index contributed by atoms with van der Waals surface area (Å²) >= 11 is 0. The Hall–Kier alpha value is -1.80. The van der Waals surface area contributed by atoms with Gasteiger partial charge in [0, 0.05) is 5.92 Å². The lowest BCUT2D eigenvalue weighted by molar-refractivity contribution is 0.333. The standard InChI is InChI=1S/C16H18FN3O3S/c17-12-5-7-13(8-6-12)24(21,22)20-16(9-1-2-10-16)15-18-14(23-19-15)11-3-4-11/h5-8,11,20H,1-4,9-10H2. The molecule has 2 aromatic rings. The summed E-state index contributed by atoms with van der Waals surface area (Å²) in [5.41, 5.74) is -0.843. The molecule has 1 aromatic carbocycles. The summed E-state index contributed by atoms with van der Waals surface area (Å²) in [5.74, 6) is 0.847. The van der Waals surface area contributed by atoms with Crippen molar-refractivity contribution in [1.82, 2.24) is 14.9 Å². The van der Waals surface area contributed by atoms with Crippen molar-refractivity contribution < 1.29 is 17.3 Å². The molecule has 0 bridgehead atoms. The third-order valence-corrected chi connectivity index (χ3v) is 6.26. The summed E-state index contributed by atoms with van der Waals surface area (Å²) in [6, 6.07) is 4.78. The molecule has 0 unspecified atom stereocenters. The van der Waals surface area contributed by atoms with Crippen LogP contribution in [0.5, 0.6) is 0 Å². The van der Waals surface area contributed by atoms with Crippen LogP contribution in [0, 0.1) is 5.82 Å². The maximum absolute atomic E-state index is 13.1. The van der Waals surface area contributed by atoms with E-state index in [1.807, 2.05) is 0 Å². The Morgan fingerprint density at radius 3 is 2.46 bits per heavy atom. The number of sulfonamides is 1. The maximum atomic E-state index is 13.1. The summed E-state index contributed by atoms with van der Waals surface area (Å²) in [4.78, 5) is 4.48. The van der Waals surface area contributed by atoms with Crippen molar-refractivity contribution in [2.24, 2.45) is 0 Å². The van der Waals surface area contributed by atoms with Gasteiger partial charge in [-0.15, -0.1) is 0 Å². The molecular weight excluding hydrogens is 333 g/mol. The molecule has 8 heteroatoms. The highest BCUT2D eigenvalue weighted by molar-refractivity contribution is 7.89. The first kappa shape index (κ1) is 15.7. The van der Waals surface area contributed by atoms with Crippen molar-refractivity contribution in [3.05, 3.63) is 41.8 Å². The van der Waals surface area contributed by atoms with Gasteiger partial charge in [0.25, 0.3) is 0 Å². The quantitative estimate of drug-likeness (QED) is 0.895. The van der Waals surface area contributed by atoms with Crippen LogP contribution in [0.1, 0.15) is 56.2 Å². The van der Waals surface area contributed by atoms with Gasteiger partial charge in [-0.05, 0) is 49.9 Å². The van der Waals surface area contributed by atoms with E-state index in [-0.39, 0.29) is 4.90 Å². The molecule has 0 aliphatic heterocycles. The molecule has 2 aliphatic rings. The fraction of sp³-hybridized carbons (Fsp3) is 0.500. The Kier molecular flexibility index (Phi) is 3.69. The van der Waals surface area contributed by atoms with Crippen LogP contribution in [0.3, 0.4) is 0 Å². The lowest BCUT2D eigenvalue weighted by atomic mass is 9.98. The van der Waals surface area contributed by atoms with Gasteiger partial charge in [0.15, 0.2) is 5.82 Å². The van der Waals surface area contributed by atoms with Gasteiger partial charge in [-0.1, -0.05) is 18.0 Å². The van der Waals surface area contributed by atoms with Crippen LogP contribution >= 0.6 is 0 Å². The van der Waals surface area contributed by atoms with Crippen LogP contribution < -0.4 is 4.72 Å². The zero-order valence-corrected chi connectivity index (χ0v) is 13.9. The Balaban J connectivity index is 1.66. The van der Waals surface area contributed by atoms with Crippen LogP contribution in [0.4, 0.5) is 4.39 Å². The maximum Gasteiger partial charge on any atom is 0.241 e. The highest BCUT2D eigenvalue weighted by atomic mass is 32.2. The number of aromatic nitrogens is 2. The van der Waals surface area contributed by atoms with Crippen molar-refractivity contribution in [2.45, 2.75) is 54.9 Å². The fourth-order valence-electron chi connectivity index (χ4n) is 3.21. The van der Waals surface area contributed by atoms with Crippen molar-refractivity contribution in [3.63, 3.8) is 0 Å². The molecule has 2 saturated carbocycles. The van der Waals surface area contributed by atoms with Crippen LogP contribution in [-0.4, -0.2) is 18.6 Å². The summed E-state index contributed by atoms with van der Waals surface area (Å²) < 4.78 is 46.6. The molecule has 0 saturated heterocycles. The van der Waals surface area contributed by atoms with Gasteiger partial charge < -0.3 is 4.52 Å². The second-order valence-electron chi connectivity index (χ2n) is 6.58. The SMILES string of the molecule is O=S(=O)(NC1(c2noc(C3CC3)n2)CCCC1)c1ccc(F)cc1. The molecule has 0 atom stereocenters. The topological polar surface area (TPSA) is 85.1 Å². The zero-order chi connectivity index (χ0) is 16.8. The second-order valence-corrected chi connectivity index (χ2v) is 8.26. The first-order chi connectivity index (χ1) is 11.5. The van der Waals surface area contributed by atoms with Gasteiger partial charge in [0.2, 0.25) is 15.9 Å². The number of nitrogens with zero attached hydrogens (tertiary/aromatic N) is 2. The molecule has 24 heavy (non-hydrogen) atoms. The van der Waals surface area contributed by atoms with Gasteiger partial charge in [0.1, 0.15) is 5.82 Å². The van der Waals surface area contributed by atoms with Crippen LogP contribution in [0.2, 0.25) is 0 Å². The molecule has 1 aromatic heterocycles. The summed E-state index contributed by atoms with van der Waals surface area (Å²) in [6.07, 6.45) is 5.10. The zero-order valence-electron chi connectivity index (χ0n) is 13.0. The molecule has 0 radical (unpaired) electrons. The number of benzene rings is 1. The minimum absolute atomic E-state index is 0.0288. The Morgan fingerprint density at radius 2 is 1.83 bits per heavy atom. The molecule has 0 amide bonds. The van der Waals surface area contributed by atoms with Gasteiger partial charge in [-0.2, -0.15) is 9.71 Å². The first-order valence-corrected chi connectivity index (χ1v) is 9.60.